The molecule has 0 bridgehead atoms. The molecule has 0 saturated carbocycles. The van der Waals surface area contributed by atoms with Gasteiger partial charge < -0.3 is 10.2 Å². The molecule has 0 amide bonds. The highest BCUT2D eigenvalue weighted by Crippen LogP contribution is 2.14. The van der Waals surface area contributed by atoms with Gasteiger partial charge in [0.1, 0.15) is 0 Å². The monoisotopic (exact) mass is 301 g/mol. The van der Waals surface area contributed by atoms with Gasteiger partial charge in [0.25, 0.3) is 0 Å². The molecule has 0 fully saturated rings. The zero-order valence-electron chi connectivity index (χ0n) is 11.4. The van der Waals surface area contributed by atoms with Crippen LogP contribution in [0.4, 0.5) is 0 Å². The first-order valence-electron chi connectivity index (χ1n) is 6.24. The lowest BCUT2D eigenvalue weighted by atomic mass is 10.0. The first-order valence-corrected chi connectivity index (χ1v) is 7.73. The molecule has 6 nitrogen and oxygen atoms in total. The third-order valence-corrected chi connectivity index (χ3v) is 4.47. The van der Waals surface area contributed by atoms with Gasteiger partial charge in [0.15, 0.2) is 0 Å². The molecule has 1 atom stereocenters. The summed E-state index contributed by atoms with van der Waals surface area (Å²) in [6.07, 6.45) is 0.324. The molecule has 0 aliphatic rings. The van der Waals surface area contributed by atoms with Crippen molar-refractivity contribution in [3.05, 3.63) is 29.8 Å². The first kappa shape index (κ1) is 16.6. The lowest BCUT2D eigenvalue weighted by Gasteiger charge is -2.21. The molecule has 0 saturated heterocycles. The topological polar surface area (TPSA) is 104 Å². The number of benzene rings is 1. The number of rotatable bonds is 7. The van der Waals surface area contributed by atoms with Crippen molar-refractivity contribution in [1.29, 1.82) is 0 Å². The molecule has 20 heavy (non-hydrogen) atoms. The Hall–Kier alpha value is -1.44. The van der Waals surface area contributed by atoms with Gasteiger partial charge in [-0.15, -0.1) is 0 Å². The van der Waals surface area contributed by atoms with E-state index in [1.807, 2.05) is 13.8 Å². The van der Waals surface area contributed by atoms with Crippen LogP contribution in [0.5, 0.6) is 0 Å². The summed E-state index contributed by atoms with van der Waals surface area (Å²) in [6, 6.07) is 4.62. The van der Waals surface area contributed by atoms with E-state index < -0.39 is 16.0 Å². The number of carbonyl (C=O) groups is 1. The van der Waals surface area contributed by atoms with E-state index in [9.17, 15) is 13.2 Å². The highest BCUT2D eigenvalue weighted by atomic mass is 32.2. The minimum Gasteiger partial charge on any atom is -0.478 e. The summed E-state index contributed by atoms with van der Waals surface area (Å²) in [7, 11) is -3.72. The Labute approximate surface area is 118 Å². The predicted molar refractivity (Wildman–Crippen MR) is 74.1 cm³/mol. The number of hydrogen-bond acceptors (Lipinski definition) is 4. The van der Waals surface area contributed by atoms with Crippen LogP contribution in [0, 0.1) is 5.92 Å². The summed E-state index contributed by atoms with van der Waals surface area (Å²) in [5.74, 6) is -1.07. The molecule has 1 rings (SSSR count). The quantitative estimate of drug-likeness (QED) is 0.699. The van der Waals surface area contributed by atoms with Gasteiger partial charge in [0.05, 0.1) is 10.5 Å². The van der Waals surface area contributed by atoms with Gasteiger partial charge in [-0.05, 0) is 36.6 Å². The third-order valence-electron chi connectivity index (χ3n) is 2.96. The minimum absolute atomic E-state index is 0.00564. The van der Waals surface area contributed by atoms with Crippen LogP contribution >= 0.6 is 0 Å². The summed E-state index contributed by atoms with van der Waals surface area (Å²) < 4.78 is 26.8. The van der Waals surface area contributed by atoms with Crippen molar-refractivity contribution < 1.29 is 23.4 Å². The predicted octanol–water partition coefficient (Wildman–Crippen LogP) is 1.07. The standard InChI is InChI=1S/C13H19NO5S/c1-9(2)12(7-8-15)14-20(18,19)11-5-3-10(4-6-11)13(16)17/h3-6,9,12,14-15H,7-8H2,1-2H3,(H,16,17). The van der Waals surface area contributed by atoms with Gasteiger partial charge in [-0.2, -0.15) is 0 Å². The van der Waals surface area contributed by atoms with E-state index >= 15 is 0 Å². The van der Waals surface area contributed by atoms with Gasteiger partial charge in [-0.25, -0.2) is 17.9 Å². The van der Waals surface area contributed by atoms with Crippen molar-refractivity contribution in [3.63, 3.8) is 0 Å². The number of aliphatic hydroxyl groups excluding tert-OH is 1. The molecule has 0 radical (unpaired) electrons. The number of aliphatic hydroxyl groups is 1. The van der Waals surface area contributed by atoms with Crippen LogP contribution in [0.15, 0.2) is 29.2 Å². The summed E-state index contributed by atoms with van der Waals surface area (Å²) in [4.78, 5) is 10.7. The number of aromatic carboxylic acids is 1. The third kappa shape index (κ3) is 4.29. The summed E-state index contributed by atoms with van der Waals surface area (Å²) in [6.45, 7) is 3.61. The molecule has 112 valence electrons. The molecule has 1 aromatic rings. The number of nitrogens with one attached hydrogen (secondary N) is 1. The van der Waals surface area contributed by atoms with Crippen LogP contribution in [-0.2, 0) is 10.0 Å². The second-order valence-corrected chi connectivity index (χ2v) is 6.53. The normalized spacial score (nSPS) is 13.4. The maximum atomic E-state index is 12.2. The zero-order valence-corrected chi connectivity index (χ0v) is 12.2. The Bertz CT molecular complexity index is 551. The molecule has 0 aliphatic carbocycles. The van der Waals surface area contributed by atoms with E-state index in [0.717, 1.165) is 0 Å². The van der Waals surface area contributed by atoms with Crippen molar-refractivity contribution in [2.24, 2.45) is 5.92 Å². The van der Waals surface area contributed by atoms with Gasteiger partial charge in [-0.1, -0.05) is 13.8 Å². The average Bonchev–Trinajstić information content (AvgIpc) is 2.38. The minimum atomic E-state index is -3.72. The van der Waals surface area contributed by atoms with Crippen molar-refractivity contribution in [2.45, 2.75) is 31.2 Å². The zero-order chi connectivity index (χ0) is 15.3. The molecule has 7 heteroatoms. The number of hydrogen-bond donors (Lipinski definition) is 3. The highest BCUT2D eigenvalue weighted by molar-refractivity contribution is 7.89. The lowest BCUT2D eigenvalue weighted by Crippen LogP contribution is -2.39. The second-order valence-electron chi connectivity index (χ2n) is 4.81. The van der Waals surface area contributed by atoms with Crippen molar-refractivity contribution in [3.8, 4) is 0 Å². The molecule has 0 heterocycles. The van der Waals surface area contributed by atoms with Crippen LogP contribution in [0.2, 0.25) is 0 Å². The van der Waals surface area contributed by atoms with Crippen LogP contribution < -0.4 is 4.72 Å². The Morgan fingerprint density at radius 2 is 1.80 bits per heavy atom. The van der Waals surface area contributed by atoms with Gasteiger partial charge in [0, 0.05) is 12.6 Å². The summed E-state index contributed by atoms with van der Waals surface area (Å²) >= 11 is 0. The van der Waals surface area contributed by atoms with Crippen molar-refractivity contribution in [2.75, 3.05) is 6.61 Å². The van der Waals surface area contributed by atoms with Crippen LogP contribution in [0.3, 0.4) is 0 Å². The molecule has 0 aliphatic heterocycles. The van der Waals surface area contributed by atoms with E-state index in [4.69, 9.17) is 10.2 Å². The molecular weight excluding hydrogens is 282 g/mol. The fourth-order valence-corrected chi connectivity index (χ4v) is 3.13. The second kappa shape index (κ2) is 6.83. The van der Waals surface area contributed by atoms with E-state index in [1.54, 1.807) is 0 Å². The molecule has 0 aromatic heterocycles. The Balaban J connectivity index is 2.95. The largest absolute Gasteiger partial charge is 0.478 e. The maximum Gasteiger partial charge on any atom is 0.335 e. The van der Waals surface area contributed by atoms with E-state index in [2.05, 4.69) is 4.72 Å². The van der Waals surface area contributed by atoms with Crippen LogP contribution in [0.25, 0.3) is 0 Å². The Morgan fingerprint density at radius 1 is 1.25 bits per heavy atom. The van der Waals surface area contributed by atoms with Crippen molar-refractivity contribution in [1.82, 2.24) is 4.72 Å². The van der Waals surface area contributed by atoms with Gasteiger partial charge in [-0.3, -0.25) is 0 Å². The van der Waals surface area contributed by atoms with E-state index in [-0.39, 0.29) is 29.0 Å². The molecule has 3 N–H and O–H groups in total. The number of carboxylic acids is 1. The van der Waals surface area contributed by atoms with Gasteiger partial charge in [0.2, 0.25) is 10.0 Å². The van der Waals surface area contributed by atoms with Crippen LogP contribution in [0.1, 0.15) is 30.6 Å². The lowest BCUT2D eigenvalue weighted by molar-refractivity contribution is 0.0696. The Kier molecular flexibility index (Phi) is 5.67. The fourth-order valence-electron chi connectivity index (χ4n) is 1.71. The molecular formula is C13H19NO5S. The number of carboxylic acid groups (broad SMARTS) is 1. The van der Waals surface area contributed by atoms with E-state index in [1.165, 1.54) is 24.3 Å². The summed E-state index contributed by atoms with van der Waals surface area (Å²) in [5.41, 5.74) is 0.0275. The highest BCUT2D eigenvalue weighted by Gasteiger charge is 2.22. The summed E-state index contributed by atoms with van der Waals surface area (Å²) in [5, 5.41) is 17.7. The average molecular weight is 301 g/mol. The Morgan fingerprint density at radius 3 is 2.20 bits per heavy atom. The fraction of sp³-hybridized carbons (Fsp3) is 0.462. The maximum absolute atomic E-state index is 12.2. The van der Waals surface area contributed by atoms with Gasteiger partial charge >= 0.3 is 5.97 Å². The smallest absolute Gasteiger partial charge is 0.335 e. The molecule has 1 aromatic carbocycles. The van der Waals surface area contributed by atoms with Crippen molar-refractivity contribution >= 4 is 16.0 Å². The SMILES string of the molecule is CC(C)C(CCO)NS(=O)(=O)c1ccc(C(=O)O)cc1. The van der Waals surface area contributed by atoms with E-state index in [0.29, 0.717) is 6.42 Å². The van der Waals surface area contributed by atoms with Crippen LogP contribution in [-0.4, -0.2) is 37.2 Å². The molecule has 1 unspecified atom stereocenters. The first-order chi connectivity index (χ1) is 9.27. The number of sulfonamides is 1. The molecule has 0 spiro atoms.